The molecule has 10 heteroatoms. The van der Waals surface area contributed by atoms with E-state index in [9.17, 15) is 24.3 Å². The molecule has 0 spiro atoms. The molecule has 2 fully saturated rings. The lowest BCUT2D eigenvalue weighted by Crippen LogP contribution is -2.60. The van der Waals surface area contributed by atoms with Gasteiger partial charge in [0.1, 0.15) is 18.2 Å². The zero-order chi connectivity index (χ0) is 39.0. The molecule has 290 valence electrons. The van der Waals surface area contributed by atoms with Crippen LogP contribution in [0.2, 0.25) is 0 Å². The van der Waals surface area contributed by atoms with Gasteiger partial charge in [-0.2, -0.15) is 0 Å². The first-order valence-corrected chi connectivity index (χ1v) is 19.4. The van der Waals surface area contributed by atoms with Crippen molar-refractivity contribution in [2.45, 2.75) is 130 Å². The van der Waals surface area contributed by atoms with Crippen LogP contribution >= 0.6 is 0 Å². The fraction of sp³-hybridized carbons (Fsp3) is 0.581. The van der Waals surface area contributed by atoms with Crippen LogP contribution in [0, 0.1) is 11.3 Å². The van der Waals surface area contributed by atoms with Crippen molar-refractivity contribution in [2.75, 3.05) is 20.1 Å². The van der Waals surface area contributed by atoms with Crippen LogP contribution in [-0.2, 0) is 19.2 Å². The van der Waals surface area contributed by atoms with E-state index in [1.54, 1.807) is 23.8 Å². The first-order valence-electron chi connectivity index (χ1n) is 19.4. The number of hydrogen-bond donors (Lipinski definition) is 3. The van der Waals surface area contributed by atoms with E-state index >= 15 is 0 Å². The van der Waals surface area contributed by atoms with Crippen molar-refractivity contribution in [1.82, 2.24) is 25.3 Å². The molecule has 3 N–H and O–H groups in total. The number of carbonyl (C=O) groups excluding carboxylic acids is 4. The lowest BCUT2D eigenvalue weighted by Gasteiger charge is -2.41. The Morgan fingerprint density at radius 2 is 1.38 bits per heavy atom. The highest BCUT2D eigenvalue weighted by atomic mass is 16.3. The summed E-state index contributed by atoms with van der Waals surface area (Å²) >= 11 is 0. The number of aliphatic hydroxyl groups excluding tert-OH is 1. The molecule has 10 nitrogen and oxygen atoms in total. The van der Waals surface area contributed by atoms with Gasteiger partial charge in [0.15, 0.2) is 0 Å². The van der Waals surface area contributed by atoms with Crippen molar-refractivity contribution in [3.63, 3.8) is 0 Å². The van der Waals surface area contributed by atoms with Crippen molar-refractivity contribution in [2.24, 2.45) is 11.3 Å². The van der Waals surface area contributed by atoms with Gasteiger partial charge in [-0.1, -0.05) is 108 Å². The Labute approximate surface area is 317 Å². The van der Waals surface area contributed by atoms with Gasteiger partial charge in [0, 0.05) is 25.2 Å². The van der Waals surface area contributed by atoms with Crippen LogP contribution in [0.4, 0.5) is 0 Å². The predicted molar refractivity (Wildman–Crippen MR) is 209 cm³/mol. The van der Waals surface area contributed by atoms with Gasteiger partial charge in [0.05, 0.1) is 18.1 Å². The van der Waals surface area contributed by atoms with E-state index in [1.807, 2.05) is 101 Å². The van der Waals surface area contributed by atoms with Gasteiger partial charge in [0.2, 0.25) is 23.6 Å². The largest absolute Gasteiger partial charge is 0.386 e. The number of nitrogens with zero attached hydrogens (tertiary/aromatic N) is 3. The van der Waals surface area contributed by atoms with E-state index in [-0.39, 0.29) is 41.6 Å². The van der Waals surface area contributed by atoms with Crippen molar-refractivity contribution in [3.8, 4) is 0 Å². The van der Waals surface area contributed by atoms with Crippen LogP contribution in [0.5, 0.6) is 0 Å². The lowest BCUT2D eigenvalue weighted by molar-refractivity contribution is -0.142. The molecule has 2 heterocycles. The summed E-state index contributed by atoms with van der Waals surface area (Å²) in [6.45, 7) is 17.1. The van der Waals surface area contributed by atoms with E-state index in [0.29, 0.717) is 30.5 Å². The van der Waals surface area contributed by atoms with Gasteiger partial charge in [-0.25, -0.2) is 0 Å². The summed E-state index contributed by atoms with van der Waals surface area (Å²) in [7, 11) is 1.74. The number of piperidine rings is 1. The second-order valence-electron chi connectivity index (χ2n) is 16.6. The van der Waals surface area contributed by atoms with Gasteiger partial charge >= 0.3 is 0 Å². The monoisotopic (exact) mass is 729 g/mol. The Balaban J connectivity index is 1.52. The molecule has 4 rings (SSSR count). The highest BCUT2D eigenvalue weighted by molar-refractivity contribution is 5.97. The van der Waals surface area contributed by atoms with Crippen LogP contribution < -0.4 is 10.6 Å². The summed E-state index contributed by atoms with van der Waals surface area (Å²) in [6, 6.07) is 15.9. The van der Waals surface area contributed by atoms with Gasteiger partial charge < -0.3 is 25.5 Å². The molecular formula is C43H63N5O5. The number of carbonyl (C=O) groups is 4. The third-order valence-electron chi connectivity index (χ3n) is 10.9. The number of likely N-dealkylation sites (tertiary alicyclic amines) is 2. The van der Waals surface area contributed by atoms with Gasteiger partial charge in [-0.05, 0) is 75.5 Å². The quantitative estimate of drug-likeness (QED) is 0.225. The number of rotatable bonds is 13. The molecule has 0 aromatic heterocycles. The van der Waals surface area contributed by atoms with Gasteiger partial charge in [-0.3, -0.25) is 24.1 Å². The molecule has 2 saturated heterocycles. The molecule has 0 bridgehead atoms. The Morgan fingerprint density at radius 3 is 1.94 bits per heavy atom. The van der Waals surface area contributed by atoms with Gasteiger partial charge in [-0.15, -0.1) is 0 Å². The number of nitrogens with one attached hydrogen (secondary N) is 2. The van der Waals surface area contributed by atoms with Crippen molar-refractivity contribution in [1.29, 1.82) is 0 Å². The maximum absolute atomic E-state index is 14.3. The fourth-order valence-electron chi connectivity index (χ4n) is 7.78. The van der Waals surface area contributed by atoms with Crippen molar-refractivity contribution in [3.05, 3.63) is 83.4 Å². The number of benzene rings is 2. The zero-order valence-corrected chi connectivity index (χ0v) is 33.3. The average Bonchev–Trinajstić information content (AvgIpc) is 3.64. The highest BCUT2D eigenvalue weighted by Crippen LogP contribution is 2.31. The second kappa shape index (κ2) is 18.3. The molecule has 2 aromatic carbocycles. The third-order valence-corrected chi connectivity index (χ3v) is 10.9. The van der Waals surface area contributed by atoms with E-state index in [4.69, 9.17) is 0 Å². The average molecular weight is 730 g/mol. The first kappa shape index (κ1) is 41.7. The molecule has 2 aliphatic heterocycles. The Kier molecular flexibility index (Phi) is 14.4. The molecular weight excluding hydrogens is 667 g/mol. The SMILES string of the molecule is C/C(=C\[C@H](C(C)C)N(C)C(=O)[C@@H](NC(=O)[C@H]1CCCCN1C(C)C)C(C)(C)C)C(=O)N1CCCC1C(=O)N[C@@H](c1ccccc1)[C@@H](O)c1ccccc1. The summed E-state index contributed by atoms with van der Waals surface area (Å²) in [5.74, 6) is -0.956. The first-order chi connectivity index (χ1) is 25.0. The highest BCUT2D eigenvalue weighted by Gasteiger charge is 2.41. The summed E-state index contributed by atoms with van der Waals surface area (Å²) in [5, 5.41) is 17.6. The standard InChI is InChI=1S/C43H63N5O5/c1-28(2)35(46(9)42(53)38(43(6,7)8)45-40(51)33-23-16-17-25-47(33)29(3)4)27-30(5)41(52)48-26-18-24-34(48)39(50)44-36(31-19-12-10-13-20-31)37(49)32-21-14-11-15-22-32/h10-15,19-22,27-29,33-38,49H,16-18,23-26H2,1-9H3,(H,44,50)(H,45,51)/b30-27+/t33-,34?,35-,36+,37+,38-/m1/s1. The molecule has 0 saturated carbocycles. The number of amides is 4. The third kappa shape index (κ3) is 10.4. The fourth-order valence-corrected chi connectivity index (χ4v) is 7.78. The maximum atomic E-state index is 14.3. The summed E-state index contributed by atoms with van der Waals surface area (Å²) in [5.41, 5.74) is 1.32. The molecule has 53 heavy (non-hydrogen) atoms. The smallest absolute Gasteiger partial charge is 0.249 e. The predicted octanol–water partition coefficient (Wildman–Crippen LogP) is 5.79. The molecule has 1 unspecified atom stereocenters. The van der Waals surface area contributed by atoms with Crippen molar-refractivity contribution < 1.29 is 24.3 Å². The van der Waals surface area contributed by atoms with Crippen LogP contribution in [-0.4, -0.2) is 93.8 Å². The van der Waals surface area contributed by atoms with E-state index in [2.05, 4.69) is 29.4 Å². The normalized spacial score (nSPS) is 20.8. The second-order valence-corrected chi connectivity index (χ2v) is 16.6. The Morgan fingerprint density at radius 1 is 0.811 bits per heavy atom. The summed E-state index contributed by atoms with van der Waals surface area (Å²) in [4.78, 5) is 61.5. The summed E-state index contributed by atoms with van der Waals surface area (Å²) < 4.78 is 0. The molecule has 0 aliphatic carbocycles. The molecule has 2 aliphatic rings. The molecule has 6 atom stereocenters. The van der Waals surface area contributed by atoms with E-state index in [0.717, 1.165) is 31.4 Å². The van der Waals surface area contributed by atoms with Crippen LogP contribution in [0.25, 0.3) is 0 Å². The minimum absolute atomic E-state index is 0.0402. The van der Waals surface area contributed by atoms with E-state index in [1.165, 1.54) is 0 Å². The lowest BCUT2D eigenvalue weighted by atomic mass is 9.84. The topological polar surface area (TPSA) is 122 Å². The van der Waals surface area contributed by atoms with Crippen LogP contribution in [0.3, 0.4) is 0 Å². The van der Waals surface area contributed by atoms with Crippen LogP contribution in [0.15, 0.2) is 72.3 Å². The van der Waals surface area contributed by atoms with Crippen LogP contribution in [0.1, 0.15) is 111 Å². The zero-order valence-electron chi connectivity index (χ0n) is 33.3. The minimum atomic E-state index is -0.992. The van der Waals surface area contributed by atoms with Crippen molar-refractivity contribution >= 4 is 23.6 Å². The van der Waals surface area contributed by atoms with Gasteiger partial charge in [0.25, 0.3) is 0 Å². The van der Waals surface area contributed by atoms with E-state index < -0.39 is 35.7 Å². The number of aliphatic hydroxyl groups is 1. The molecule has 2 aromatic rings. The number of hydrogen-bond acceptors (Lipinski definition) is 6. The maximum Gasteiger partial charge on any atom is 0.249 e. The minimum Gasteiger partial charge on any atom is -0.386 e. The summed E-state index contributed by atoms with van der Waals surface area (Å²) in [6.07, 6.45) is 4.80. The Hall–Kier alpha value is -4.02. The molecule has 4 amide bonds. The molecule has 0 radical (unpaired) electrons. The number of likely N-dealkylation sites (N-methyl/N-ethyl adjacent to an activating group) is 1. The Bertz CT molecular complexity index is 1570.